The zero-order valence-corrected chi connectivity index (χ0v) is 14.6. The van der Waals surface area contributed by atoms with E-state index < -0.39 is 49.5 Å². The lowest BCUT2D eigenvalue weighted by Crippen LogP contribution is -2.16. The quantitative estimate of drug-likeness (QED) is 0.319. The lowest BCUT2D eigenvalue weighted by atomic mass is 9.98. The molecule has 0 saturated carbocycles. The van der Waals surface area contributed by atoms with Crippen LogP contribution < -0.4 is 9.47 Å². The Balaban J connectivity index is 2.28. The van der Waals surface area contributed by atoms with E-state index in [-0.39, 0.29) is 28.9 Å². The number of carbonyl (C=O) groups excluding carboxylic acids is 2. The van der Waals surface area contributed by atoms with Gasteiger partial charge in [-0.2, -0.15) is 8.78 Å². The van der Waals surface area contributed by atoms with Crippen LogP contribution in [0.1, 0.15) is 26.3 Å². The van der Waals surface area contributed by atoms with Gasteiger partial charge in [0.05, 0.1) is 6.67 Å². The summed E-state index contributed by atoms with van der Waals surface area (Å²) in [5.41, 5.74) is -0.619. The molecule has 0 bridgehead atoms. The Morgan fingerprint density at radius 2 is 1.52 bits per heavy atom. The summed E-state index contributed by atoms with van der Waals surface area (Å²) in [4.78, 5) is 24.8. The summed E-state index contributed by atoms with van der Waals surface area (Å²) >= 11 is 0. The summed E-state index contributed by atoms with van der Waals surface area (Å²) in [6.07, 6.45) is -3.21. The van der Waals surface area contributed by atoms with Crippen LogP contribution in [0.2, 0.25) is 0 Å². The number of aryl methyl sites for hydroxylation is 1. The van der Waals surface area contributed by atoms with Crippen LogP contribution in [0.15, 0.2) is 36.4 Å². The first kappa shape index (κ1) is 22.3. The average Bonchev–Trinajstić information content (AvgIpc) is 2.67. The average molecular weight is 420 g/mol. The summed E-state index contributed by atoms with van der Waals surface area (Å²) < 4.78 is 84.3. The highest BCUT2D eigenvalue weighted by Crippen LogP contribution is 2.25. The second-order valence-electron chi connectivity index (χ2n) is 5.65. The van der Waals surface area contributed by atoms with Crippen LogP contribution in [0, 0.1) is 5.82 Å². The summed E-state index contributed by atoms with van der Waals surface area (Å²) in [6, 6.07) is 5.61. The first-order chi connectivity index (χ1) is 13.7. The van der Waals surface area contributed by atoms with Crippen molar-refractivity contribution in [2.45, 2.75) is 19.5 Å². The number of alkyl halides is 5. The van der Waals surface area contributed by atoms with Crippen molar-refractivity contribution in [1.82, 2.24) is 0 Å². The topological polar surface area (TPSA) is 52.6 Å². The Bertz CT molecular complexity index is 885. The van der Waals surface area contributed by atoms with E-state index in [4.69, 9.17) is 0 Å². The van der Waals surface area contributed by atoms with Crippen molar-refractivity contribution in [2.75, 3.05) is 13.3 Å². The Hall–Kier alpha value is -3.04. The maximum atomic E-state index is 13.6. The van der Waals surface area contributed by atoms with E-state index in [1.807, 2.05) is 0 Å². The van der Waals surface area contributed by atoms with E-state index >= 15 is 0 Å². The van der Waals surface area contributed by atoms with E-state index in [0.29, 0.717) is 0 Å². The number of benzene rings is 2. The molecule has 29 heavy (non-hydrogen) atoms. The van der Waals surface area contributed by atoms with Gasteiger partial charge in [0.25, 0.3) is 6.43 Å². The van der Waals surface area contributed by atoms with E-state index in [9.17, 15) is 35.9 Å². The smallest absolute Gasteiger partial charge is 0.387 e. The van der Waals surface area contributed by atoms with Gasteiger partial charge in [-0.25, -0.2) is 13.2 Å². The zero-order valence-electron chi connectivity index (χ0n) is 14.6. The Kier molecular flexibility index (Phi) is 7.63. The molecular weight excluding hydrogens is 406 g/mol. The molecule has 10 heteroatoms. The molecule has 0 amide bonds. The maximum Gasteiger partial charge on any atom is 0.387 e. The van der Waals surface area contributed by atoms with E-state index in [0.717, 1.165) is 36.4 Å². The lowest BCUT2D eigenvalue weighted by molar-refractivity contribution is -0.0504. The first-order valence-corrected chi connectivity index (χ1v) is 8.16. The number of halogens is 6. The molecule has 156 valence electrons. The van der Waals surface area contributed by atoms with Gasteiger partial charge >= 0.3 is 6.61 Å². The molecular formula is C19H14F6O4. The third-order valence-electron chi connectivity index (χ3n) is 3.67. The minimum absolute atomic E-state index is 0.0495. The fourth-order valence-corrected chi connectivity index (χ4v) is 2.40. The molecule has 0 saturated heterocycles. The van der Waals surface area contributed by atoms with E-state index in [2.05, 4.69) is 9.47 Å². The monoisotopic (exact) mass is 420 g/mol. The van der Waals surface area contributed by atoms with Crippen molar-refractivity contribution in [2.24, 2.45) is 0 Å². The highest BCUT2D eigenvalue weighted by Gasteiger charge is 2.22. The molecule has 0 atom stereocenters. The van der Waals surface area contributed by atoms with Gasteiger partial charge in [-0.1, -0.05) is 0 Å². The van der Waals surface area contributed by atoms with Crippen molar-refractivity contribution in [3.05, 3.63) is 58.9 Å². The van der Waals surface area contributed by atoms with Crippen molar-refractivity contribution < 1.29 is 45.4 Å². The van der Waals surface area contributed by atoms with Gasteiger partial charge in [-0.05, 0) is 42.0 Å². The second-order valence-corrected chi connectivity index (χ2v) is 5.65. The molecule has 0 aliphatic carbocycles. The maximum absolute atomic E-state index is 13.6. The van der Waals surface area contributed by atoms with Crippen molar-refractivity contribution in [3.63, 3.8) is 0 Å². The summed E-state index contributed by atoms with van der Waals surface area (Å²) in [5.74, 6) is -4.21. The van der Waals surface area contributed by atoms with Crippen LogP contribution in [0.4, 0.5) is 26.3 Å². The molecule has 0 spiro atoms. The van der Waals surface area contributed by atoms with Crippen LogP contribution in [0.5, 0.6) is 11.5 Å². The molecule has 0 N–H and O–H groups in total. The molecule has 0 fully saturated rings. The van der Waals surface area contributed by atoms with E-state index in [1.54, 1.807) is 0 Å². The number of Topliss-reactive ketones (excluding diaryl/α,β-unsaturated/α-hetero) is 2. The van der Waals surface area contributed by atoms with Gasteiger partial charge in [0.1, 0.15) is 12.4 Å². The molecule has 0 unspecified atom stereocenters. The summed E-state index contributed by atoms with van der Waals surface area (Å²) in [5, 5.41) is 0. The zero-order chi connectivity index (χ0) is 21.6. The van der Waals surface area contributed by atoms with Crippen LogP contribution in [0.3, 0.4) is 0 Å². The highest BCUT2D eigenvalue weighted by atomic mass is 19.3. The second kappa shape index (κ2) is 9.94. The normalized spacial score (nSPS) is 11.0. The first-order valence-electron chi connectivity index (χ1n) is 8.16. The van der Waals surface area contributed by atoms with Gasteiger partial charge in [-0.15, -0.1) is 0 Å². The van der Waals surface area contributed by atoms with Gasteiger partial charge in [0.2, 0.25) is 11.6 Å². The predicted molar refractivity (Wildman–Crippen MR) is 89.3 cm³/mol. The van der Waals surface area contributed by atoms with Crippen molar-refractivity contribution in [3.8, 4) is 11.5 Å². The largest absolute Gasteiger partial charge is 0.485 e. The Morgan fingerprint density at radius 1 is 0.897 bits per heavy atom. The summed E-state index contributed by atoms with van der Waals surface area (Å²) in [6.45, 7) is -5.20. The van der Waals surface area contributed by atoms with Crippen LogP contribution >= 0.6 is 0 Å². The molecule has 0 aliphatic rings. The Labute approximate surface area is 161 Å². The number of carbonyl (C=O) groups is 2. The molecule has 2 aromatic carbocycles. The van der Waals surface area contributed by atoms with Gasteiger partial charge in [-0.3, -0.25) is 14.0 Å². The molecule has 2 rings (SSSR count). The predicted octanol–water partition coefficient (Wildman–Crippen LogP) is 4.65. The number of ketones is 2. The molecule has 4 nitrogen and oxygen atoms in total. The van der Waals surface area contributed by atoms with Gasteiger partial charge < -0.3 is 9.47 Å². The van der Waals surface area contributed by atoms with Crippen LogP contribution in [-0.2, 0) is 6.42 Å². The van der Waals surface area contributed by atoms with E-state index in [1.165, 1.54) is 0 Å². The van der Waals surface area contributed by atoms with Crippen molar-refractivity contribution >= 4 is 11.6 Å². The third kappa shape index (κ3) is 5.97. The molecule has 0 aromatic heterocycles. The lowest BCUT2D eigenvalue weighted by Gasteiger charge is -2.11. The highest BCUT2D eigenvalue weighted by molar-refractivity contribution is 6.49. The van der Waals surface area contributed by atoms with Crippen LogP contribution in [-0.4, -0.2) is 37.9 Å². The number of hydrogen-bond donors (Lipinski definition) is 0. The number of ether oxygens (including phenoxy) is 2. The molecule has 0 radical (unpaired) electrons. The van der Waals surface area contributed by atoms with Gasteiger partial charge in [0, 0.05) is 17.5 Å². The SMILES string of the molecule is O=C(C(=O)c1ccc(F)c(OCC(F)F)c1)c1ccc(OC(F)F)c(CCF)c1. The Morgan fingerprint density at radius 3 is 2.10 bits per heavy atom. The number of hydrogen-bond acceptors (Lipinski definition) is 4. The van der Waals surface area contributed by atoms with Crippen molar-refractivity contribution in [1.29, 1.82) is 0 Å². The summed E-state index contributed by atoms with van der Waals surface area (Å²) in [7, 11) is 0. The fourth-order valence-electron chi connectivity index (χ4n) is 2.40. The minimum Gasteiger partial charge on any atom is -0.485 e. The standard InChI is InChI=1S/C19H14F6O4/c20-6-5-10-7-11(2-4-14(10)29-19(24)25)17(26)18(27)12-1-3-13(21)15(8-12)28-9-16(22)23/h1-4,7-8,16,19H,5-6,9H2. The van der Waals surface area contributed by atoms with Crippen LogP contribution in [0.25, 0.3) is 0 Å². The molecule has 2 aromatic rings. The fraction of sp³-hybridized carbons (Fsp3) is 0.263. The number of rotatable bonds is 10. The third-order valence-corrected chi connectivity index (χ3v) is 3.67. The minimum atomic E-state index is -3.16. The molecule has 0 aliphatic heterocycles. The van der Waals surface area contributed by atoms with Gasteiger partial charge in [0.15, 0.2) is 11.6 Å². The molecule has 0 heterocycles.